The van der Waals surface area contributed by atoms with Crippen LogP contribution in [0.2, 0.25) is 0 Å². The molecule has 94 valence electrons. The topological polar surface area (TPSA) is 37.3 Å². The fourth-order valence-electron chi connectivity index (χ4n) is 1.84. The second kappa shape index (κ2) is 3.90. The van der Waals surface area contributed by atoms with E-state index >= 15 is 0 Å². The number of carbonyl (C=O) groups is 1. The first-order valence-corrected chi connectivity index (χ1v) is 4.39. The van der Waals surface area contributed by atoms with E-state index in [0.29, 0.717) is 0 Å². The molecule has 1 fully saturated rings. The summed E-state index contributed by atoms with van der Waals surface area (Å²) in [7, 11) is 0. The molecule has 1 rings (SSSR count). The van der Waals surface area contributed by atoms with E-state index < -0.39 is 48.9 Å². The number of aliphatic hydroxyl groups is 1. The molecular formula is C8H8F6O2. The lowest BCUT2D eigenvalue weighted by Gasteiger charge is -2.36. The third kappa shape index (κ3) is 2.47. The van der Waals surface area contributed by atoms with Crippen molar-refractivity contribution in [1.82, 2.24) is 0 Å². The van der Waals surface area contributed by atoms with Crippen molar-refractivity contribution in [3.8, 4) is 0 Å². The van der Waals surface area contributed by atoms with Gasteiger partial charge in [0.05, 0.1) is 12.0 Å². The van der Waals surface area contributed by atoms with Crippen molar-refractivity contribution < 1.29 is 36.2 Å². The van der Waals surface area contributed by atoms with Gasteiger partial charge in [0.15, 0.2) is 0 Å². The zero-order valence-electron chi connectivity index (χ0n) is 7.77. The predicted molar refractivity (Wildman–Crippen MR) is 39.3 cm³/mol. The van der Waals surface area contributed by atoms with Crippen molar-refractivity contribution in [1.29, 1.82) is 0 Å². The number of halogens is 6. The highest BCUT2D eigenvalue weighted by Crippen LogP contribution is 2.46. The van der Waals surface area contributed by atoms with Gasteiger partial charge in [0.25, 0.3) is 0 Å². The number of alkyl halides is 6. The molecule has 0 bridgehead atoms. The molecule has 8 heteroatoms. The summed E-state index contributed by atoms with van der Waals surface area (Å²) in [5.41, 5.74) is 0. The predicted octanol–water partition coefficient (Wildman–Crippen LogP) is 2.07. The van der Waals surface area contributed by atoms with Crippen molar-refractivity contribution in [3.63, 3.8) is 0 Å². The Morgan fingerprint density at radius 2 is 1.56 bits per heavy atom. The normalized spacial score (nSPS) is 32.9. The Kier molecular flexibility index (Phi) is 3.24. The minimum Gasteiger partial charge on any atom is -0.392 e. The van der Waals surface area contributed by atoms with Crippen LogP contribution in [-0.4, -0.2) is 29.3 Å². The second-order valence-electron chi connectivity index (χ2n) is 3.66. The molecule has 3 atom stereocenters. The van der Waals surface area contributed by atoms with Gasteiger partial charge in [0.1, 0.15) is 11.7 Å². The smallest absolute Gasteiger partial charge is 0.392 e. The average molecular weight is 250 g/mol. The van der Waals surface area contributed by atoms with Crippen molar-refractivity contribution >= 4 is 5.78 Å². The van der Waals surface area contributed by atoms with Gasteiger partial charge in [-0.05, 0) is 6.42 Å². The van der Waals surface area contributed by atoms with E-state index in [0.717, 1.165) is 0 Å². The van der Waals surface area contributed by atoms with E-state index in [2.05, 4.69) is 0 Å². The third-order valence-corrected chi connectivity index (χ3v) is 2.54. The summed E-state index contributed by atoms with van der Waals surface area (Å²) >= 11 is 0. The largest absolute Gasteiger partial charge is 0.399 e. The van der Waals surface area contributed by atoms with Crippen LogP contribution in [0.15, 0.2) is 0 Å². The van der Waals surface area contributed by atoms with Gasteiger partial charge in [0, 0.05) is 6.42 Å². The molecule has 1 aliphatic carbocycles. The molecule has 1 N–H and O–H groups in total. The molecule has 0 amide bonds. The van der Waals surface area contributed by atoms with Gasteiger partial charge < -0.3 is 5.11 Å². The molecule has 16 heavy (non-hydrogen) atoms. The van der Waals surface area contributed by atoms with Crippen molar-refractivity contribution in [2.24, 2.45) is 11.8 Å². The minimum atomic E-state index is -5.28. The Morgan fingerprint density at radius 1 is 1.06 bits per heavy atom. The summed E-state index contributed by atoms with van der Waals surface area (Å²) in [6, 6.07) is 0. The number of aliphatic hydroxyl groups excluding tert-OH is 1. The Bertz CT molecular complexity index is 281. The van der Waals surface area contributed by atoms with E-state index in [4.69, 9.17) is 5.11 Å². The SMILES string of the molecule is O=C1CC[C@@H](O)[C@H](C(F)(F)F)[C@@H]1C(F)(F)F. The first-order chi connectivity index (χ1) is 7.05. The summed E-state index contributed by atoms with van der Waals surface area (Å²) in [6.07, 6.45) is -14.0. The van der Waals surface area contributed by atoms with E-state index in [-0.39, 0.29) is 0 Å². The average Bonchev–Trinajstić information content (AvgIpc) is 2.04. The van der Waals surface area contributed by atoms with E-state index in [1.807, 2.05) is 0 Å². The van der Waals surface area contributed by atoms with Gasteiger partial charge in [-0.1, -0.05) is 0 Å². The van der Waals surface area contributed by atoms with Crippen molar-refractivity contribution in [3.05, 3.63) is 0 Å². The molecule has 0 unspecified atom stereocenters. The molecule has 0 aromatic rings. The molecule has 0 aromatic heterocycles. The lowest BCUT2D eigenvalue weighted by Crippen LogP contribution is -2.52. The van der Waals surface area contributed by atoms with Crippen molar-refractivity contribution in [2.75, 3.05) is 0 Å². The molecule has 0 saturated heterocycles. The molecule has 0 spiro atoms. The Morgan fingerprint density at radius 3 is 1.88 bits per heavy atom. The summed E-state index contributed by atoms with van der Waals surface area (Å²) in [4.78, 5) is 10.9. The Balaban J connectivity index is 3.10. The summed E-state index contributed by atoms with van der Waals surface area (Å²) in [5.74, 6) is -7.70. The summed E-state index contributed by atoms with van der Waals surface area (Å²) in [5, 5.41) is 8.98. The van der Waals surface area contributed by atoms with Gasteiger partial charge in [-0.3, -0.25) is 4.79 Å². The minimum absolute atomic E-state index is 0.588. The lowest BCUT2D eigenvalue weighted by atomic mass is 9.75. The molecule has 0 aliphatic heterocycles. The molecule has 0 heterocycles. The van der Waals surface area contributed by atoms with Crippen LogP contribution < -0.4 is 0 Å². The highest BCUT2D eigenvalue weighted by atomic mass is 19.4. The molecule has 0 radical (unpaired) electrons. The van der Waals surface area contributed by atoms with Crippen LogP contribution in [-0.2, 0) is 4.79 Å². The van der Waals surface area contributed by atoms with Gasteiger partial charge in [-0.2, -0.15) is 26.3 Å². The standard InChI is InChI=1S/C8H8F6O2/c9-7(10,11)5-3(15)1-2-4(16)6(5)8(12,13)14/h3,5-6,15H,1-2H2/t3-,5+,6-/m1/s1. The van der Waals surface area contributed by atoms with Crippen LogP contribution in [0.3, 0.4) is 0 Å². The number of Topliss-reactive ketones (excluding diaryl/α,β-unsaturated/α-hetero) is 1. The number of ketones is 1. The number of rotatable bonds is 0. The van der Waals surface area contributed by atoms with Crippen molar-refractivity contribution in [2.45, 2.75) is 31.3 Å². The monoisotopic (exact) mass is 250 g/mol. The molecule has 2 nitrogen and oxygen atoms in total. The van der Waals surface area contributed by atoms with Gasteiger partial charge in [0.2, 0.25) is 0 Å². The number of hydrogen-bond donors (Lipinski definition) is 1. The highest BCUT2D eigenvalue weighted by Gasteiger charge is 2.62. The molecule has 1 saturated carbocycles. The van der Waals surface area contributed by atoms with Crippen LogP contribution in [0.5, 0.6) is 0 Å². The van der Waals surface area contributed by atoms with Crippen LogP contribution in [0, 0.1) is 11.8 Å². The Hall–Kier alpha value is -0.790. The summed E-state index contributed by atoms with van der Waals surface area (Å²) in [6.45, 7) is 0. The fraction of sp³-hybridized carbons (Fsp3) is 0.875. The van der Waals surface area contributed by atoms with Crippen LogP contribution in [0.1, 0.15) is 12.8 Å². The Labute approximate surface area is 86.2 Å². The summed E-state index contributed by atoms with van der Waals surface area (Å²) < 4.78 is 73.9. The van der Waals surface area contributed by atoms with Crippen LogP contribution >= 0.6 is 0 Å². The molecule has 0 aromatic carbocycles. The van der Waals surface area contributed by atoms with Crippen LogP contribution in [0.4, 0.5) is 26.3 Å². The number of carbonyl (C=O) groups excluding carboxylic acids is 1. The van der Waals surface area contributed by atoms with Crippen LogP contribution in [0.25, 0.3) is 0 Å². The zero-order chi connectivity index (χ0) is 12.7. The van der Waals surface area contributed by atoms with Gasteiger partial charge >= 0.3 is 12.4 Å². The maximum absolute atomic E-state index is 12.3. The molecule has 1 aliphatic rings. The highest BCUT2D eigenvalue weighted by molar-refractivity contribution is 5.83. The zero-order valence-corrected chi connectivity index (χ0v) is 7.77. The quantitative estimate of drug-likeness (QED) is 0.668. The third-order valence-electron chi connectivity index (χ3n) is 2.54. The maximum atomic E-state index is 12.3. The van der Waals surface area contributed by atoms with Gasteiger partial charge in [-0.25, -0.2) is 0 Å². The maximum Gasteiger partial charge on any atom is 0.399 e. The van der Waals surface area contributed by atoms with E-state index in [9.17, 15) is 31.1 Å². The first-order valence-electron chi connectivity index (χ1n) is 4.39. The molecular weight excluding hydrogens is 242 g/mol. The fourth-order valence-corrected chi connectivity index (χ4v) is 1.84. The van der Waals surface area contributed by atoms with E-state index in [1.54, 1.807) is 0 Å². The lowest BCUT2D eigenvalue weighted by molar-refractivity contribution is -0.272. The first kappa shape index (κ1) is 13.3. The van der Waals surface area contributed by atoms with E-state index in [1.165, 1.54) is 0 Å². The second-order valence-corrected chi connectivity index (χ2v) is 3.66. The van der Waals surface area contributed by atoms with Gasteiger partial charge in [-0.15, -0.1) is 0 Å². The number of hydrogen-bond acceptors (Lipinski definition) is 2.